The number of hydrogen-bond acceptors (Lipinski definition) is 6. The molecule has 0 spiro atoms. The fourth-order valence-corrected chi connectivity index (χ4v) is 5.38. The normalized spacial score (nSPS) is 15.6. The second-order valence-electron chi connectivity index (χ2n) is 12.3. The summed E-state index contributed by atoms with van der Waals surface area (Å²) >= 11 is 0. The van der Waals surface area contributed by atoms with Crippen molar-refractivity contribution in [2.24, 2.45) is 11.8 Å². The van der Waals surface area contributed by atoms with E-state index in [-0.39, 0.29) is 12.3 Å². The van der Waals surface area contributed by atoms with E-state index in [1.54, 1.807) is 27.7 Å². The number of nitrogens with one attached hydrogen (secondary N) is 3. The molecule has 10 heteroatoms. The molecule has 0 saturated heterocycles. The van der Waals surface area contributed by atoms with Crippen LogP contribution in [-0.2, 0) is 31.5 Å². The fourth-order valence-electron chi connectivity index (χ4n) is 3.94. The summed E-state index contributed by atoms with van der Waals surface area (Å²) in [6, 6.07) is 6.80. The Balaban J connectivity index is 2.86. The Morgan fingerprint density at radius 2 is 1.48 bits per heavy atom. The van der Waals surface area contributed by atoms with Gasteiger partial charge in [0, 0.05) is 28.7 Å². The van der Waals surface area contributed by atoms with Crippen molar-refractivity contribution in [3.63, 3.8) is 0 Å². The van der Waals surface area contributed by atoms with Gasteiger partial charge in [-0.05, 0) is 64.4 Å². The second-order valence-corrected chi connectivity index (χ2v) is 13.9. The Morgan fingerprint density at radius 3 is 2.02 bits per heavy atom. The van der Waals surface area contributed by atoms with Crippen LogP contribution in [0.25, 0.3) is 0 Å². The van der Waals surface area contributed by atoms with Crippen molar-refractivity contribution >= 4 is 28.7 Å². The summed E-state index contributed by atoms with van der Waals surface area (Å²) in [7, 11) is -1.03. The zero-order valence-corrected chi connectivity index (χ0v) is 26.3. The number of benzene rings is 1. The molecule has 40 heavy (non-hydrogen) atoms. The lowest BCUT2D eigenvalue weighted by Crippen LogP contribution is -2.56. The Hall–Kier alpha value is -2.46. The van der Waals surface area contributed by atoms with Gasteiger partial charge in [0.1, 0.15) is 17.7 Å². The van der Waals surface area contributed by atoms with Gasteiger partial charge in [-0.2, -0.15) is 0 Å². The lowest BCUT2D eigenvalue weighted by molar-refractivity contribution is -0.130. The first-order valence-electron chi connectivity index (χ1n) is 14.2. The monoisotopic (exact) mass is 581 g/mol. The van der Waals surface area contributed by atoms with Gasteiger partial charge in [0.15, 0.2) is 0 Å². The zero-order valence-electron chi connectivity index (χ0n) is 25.5. The smallest absolute Gasteiger partial charge is 0.408 e. The van der Waals surface area contributed by atoms with Crippen molar-refractivity contribution < 1.29 is 28.4 Å². The Labute approximate surface area is 243 Å². The number of carbonyl (C=O) groups excluding carboxylic acids is 3. The lowest BCUT2D eigenvalue weighted by atomic mass is 9.97. The number of ether oxygens (including phenoxy) is 1. The zero-order chi connectivity index (χ0) is 30.5. The average Bonchev–Trinajstić information content (AvgIpc) is 2.84. The molecule has 4 N–H and O–H groups in total. The molecule has 0 fully saturated rings. The quantitative estimate of drug-likeness (QED) is 0.235. The molecule has 5 atom stereocenters. The summed E-state index contributed by atoms with van der Waals surface area (Å²) in [5, 5.41) is 19.0. The molecule has 0 aliphatic carbocycles. The summed E-state index contributed by atoms with van der Waals surface area (Å²) in [4.78, 5) is 38.7. The maximum absolute atomic E-state index is 13.2. The van der Waals surface area contributed by atoms with Crippen LogP contribution < -0.4 is 16.0 Å². The van der Waals surface area contributed by atoms with Crippen LogP contribution in [0.2, 0.25) is 0 Å². The number of hydrogen-bond donors (Lipinski definition) is 4. The first kappa shape index (κ1) is 35.6. The van der Waals surface area contributed by atoms with Crippen molar-refractivity contribution in [1.82, 2.24) is 16.0 Å². The molecule has 0 radical (unpaired) electrons. The topological polar surface area (TPSA) is 134 Å². The van der Waals surface area contributed by atoms with E-state index in [0.29, 0.717) is 30.3 Å². The molecular weight excluding hydrogens is 530 g/mol. The predicted octanol–water partition coefficient (Wildman–Crippen LogP) is 3.70. The summed E-state index contributed by atoms with van der Waals surface area (Å²) in [6.07, 6.45) is 0.317. The molecule has 0 aromatic heterocycles. The van der Waals surface area contributed by atoms with Crippen LogP contribution in [0.3, 0.4) is 0 Å². The van der Waals surface area contributed by atoms with E-state index in [1.807, 2.05) is 44.2 Å². The molecule has 1 aromatic carbocycles. The van der Waals surface area contributed by atoms with Gasteiger partial charge in [0.2, 0.25) is 11.8 Å². The molecule has 0 aliphatic heterocycles. The SMILES string of the molecule is CC(C)CCS(=O)CC[C@H](O)[C@H](CC(C)C)NC(=O)[C@H](C)NC(=O)[C@H](Cc1ccccc1)NC(=O)OC(C)(C)C. The third-order valence-electron chi connectivity index (χ3n) is 6.12. The maximum atomic E-state index is 13.2. The number of amides is 3. The van der Waals surface area contributed by atoms with Gasteiger partial charge in [0.25, 0.3) is 0 Å². The van der Waals surface area contributed by atoms with Gasteiger partial charge < -0.3 is 25.8 Å². The van der Waals surface area contributed by atoms with Crippen LogP contribution in [0.1, 0.15) is 80.2 Å². The highest BCUT2D eigenvalue weighted by Gasteiger charge is 2.29. The minimum atomic E-state index is -1.03. The number of aliphatic hydroxyl groups is 1. The molecule has 9 nitrogen and oxygen atoms in total. The number of aliphatic hydroxyl groups excluding tert-OH is 1. The van der Waals surface area contributed by atoms with Crippen molar-refractivity contribution in [2.75, 3.05) is 11.5 Å². The molecule has 0 heterocycles. The number of alkyl carbamates (subject to hydrolysis) is 1. The largest absolute Gasteiger partial charge is 0.444 e. The first-order valence-corrected chi connectivity index (χ1v) is 15.7. The maximum Gasteiger partial charge on any atom is 0.408 e. The van der Waals surface area contributed by atoms with Crippen molar-refractivity contribution in [3.8, 4) is 0 Å². The van der Waals surface area contributed by atoms with Gasteiger partial charge in [-0.15, -0.1) is 0 Å². The fraction of sp³-hybridized carbons (Fsp3) is 0.700. The van der Waals surface area contributed by atoms with Gasteiger partial charge in [0.05, 0.1) is 12.1 Å². The van der Waals surface area contributed by atoms with E-state index in [4.69, 9.17) is 4.74 Å². The van der Waals surface area contributed by atoms with E-state index in [9.17, 15) is 23.7 Å². The van der Waals surface area contributed by atoms with Gasteiger partial charge in [-0.25, -0.2) is 4.79 Å². The van der Waals surface area contributed by atoms with E-state index in [2.05, 4.69) is 29.8 Å². The van der Waals surface area contributed by atoms with Gasteiger partial charge in [-0.1, -0.05) is 58.0 Å². The highest BCUT2D eigenvalue weighted by atomic mass is 32.2. The van der Waals surface area contributed by atoms with Gasteiger partial charge >= 0.3 is 6.09 Å². The lowest BCUT2D eigenvalue weighted by Gasteiger charge is -2.28. The van der Waals surface area contributed by atoms with Crippen LogP contribution in [0.4, 0.5) is 4.79 Å². The summed E-state index contributed by atoms with van der Waals surface area (Å²) in [5.41, 5.74) is 0.0971. The van der Waals surface area contributed by atoms with Crippen LogP contribution in [0, 0.1) is 11.8 Å². The van der Waals surface area contributed by atoms with Crippen molar-refractivity contribution in [3.05, 3.63) is 35.9 Å². The Bertz CT molecular complexity index is 949. The molecule has 0 bridgehead atoms. The highest BCUT2D eigenvalue weighted by molar-refractivity contribution is 7.84. The Morgan fingerprint density at radius 1 is 0.875 bits per heavy atom. The number of carbonyl (C=O) groups is 3. The van der Waals surface area contributed by atoms with Gasteiger partial charge in [-0.3, -0.25) is 13.8 Å². The highest BCUT2D eigenvalue weighted by Crippen LogP contribution is 2.13. The van der Waals surface area contributed by atoms with Crippen LogP contribution in [0.5, 0.6) is 0 Å². The van der Waals surface area contributed by atoms with Crippen LogP contribution >= 0.6 is 0 Å². The van der Waals surface area contributed by atoms with Crippen LogP contribution in [-0.4, -0.2) is 68.6 Å². The first-order chi connectivity index (χ1) is 18.6. The third kappa shape index (κ3) is 15.4. The minimum Gasteiger partial charge on any atom is -0.444 e. The number of rotatable bonds is 16. The second kappa shape index (κ2) is 17.4. The summed E-state index contributed by atoms with van der Waals surface area (Å²) in [6.45, 7) is 14.9. The van der Waals surface area contributed by atoms with E-state index >= 15 is 0 Å². The molecule has 1 unspecified atom stereocenters. The standard InChI is InChI=1S/C30H51N3O6S/c1-20(2)14-16-40(38)17-15-26(34)24(18-21(3)4)32-27(35)22(5)31-28(36)25(19-23-12-10-9-11-13-23)33-29(37)39-30(6,7)8/h9-13,20-22,24-26,34H,14-19H2,1-8H3,(H,31,36)(H,32,35)(H,33,37)/t22-,24-,25-,26-,40?/m0/s1. The molecule has 1 rings (SSSR count). The molecule has 1 aromatic rings. The molecule has 0 saturated carbocycles. The molecule has 228 valence electrons. The van der Waals surface area contributed by atoms with E-state index in [0.717, 1.165) is 12.0 Å². The minimum absolute atomic E-state index is 0.199. The Kier molecular flexibility index (Phi) is 15.4. The predicted molar refractivity (Wildman–Crippen MR) is 160 cm³/mol. The summed E-state index contributed by atoms with van der Waals surface area (Å²) < 4.78 is 17.7. The molecule has 3 amide bonds. The van der Waals surface area contributed by atoms with Crippen molar-refractivity contribution in [1.29, 1.82) is 0 Å². The summed E-state index contributed by atoms with van der Waals surface area (Å²) in [5.74, 6) is 0.640. The average molecular weight is 582 g/mol. The van der Waals surface area contributed by atoms with Crippen molar-refractivity contribution in [2.45, 2.75) is 111 Å². The third-order valence-corrected chi connectivity index (χ3v) is 7.51. The van der Waals surface area contributed by atoms with Crippen LogP contribution in [0.15, 0.2) is 30.3 Å². The molecule has 0 aliphatic rings. The van der Waals surface area contributed by atoms with E-state index < -0.39 is 58.5 Å². The van der Waals surface area contributed by atoms with E-state index in [1.165, 1.54) is 0 Å². The molecular formula is C30H51N3O6S.